The van der Waals surface area contributed by atoms with Gasteiger partial charge in [-0.25, -0.2) is 0 Å². The van der Waals surface area contributed by atoms with Gasteiger partial charge < -0.3 is 18.9 Å². The third-order valence-corrected chi connectivity index (χ3v) is 4.12. The number of ether oxygens (including phenoxy) is 2. The van der Waals surface area contributed by atoms with Crippen LogP contribution in [0.25, 0.3) is 0 Å². The molecule has 4 rings (SSSR count). The highest BCUT2D eigenvalue weighted by atomic mass is 16.7. The molecule has 0 aliphatic carbocycles. The van der Waals surface area contributed by atoms with Gasteiger partial charge in [-0.3, -0.25) is 4.79 Å². The van der Waals surface area contributed by atoms with Crippen LogP contribution in [0.3, 0.4) is 0 Å². The highest BCUT2D eigenvalue weighted by Gasteiger charge is 2.33. The van der Waals surface area contributed by atoms with E-state index in [2.05, 4.69) is 5.16 Å². The second-order valence-electron chi connectivity index (χ2n) is 5.59. The number of carbonyl (C=O) groups excluding carboxylic acids is 1. The summed E-state index contributed by atoms with van der Waals surface area (Å²) in [6, 6.07) is 7.18. The molecular formula is C16H16N2O4. The summed E-state index contributed by atoms with van der Waals surface area (Å²) in [7, 11) is 0. The standard InChI is InChI=1S/C16H16N2O4/c1-10-7-12(17-22-10)13-3-2-6-18(13)16(19)11-4-5-14-15(8-11)21-9-20-14/h4-5,7-8,13H,2-3,6,9H2,1H3/t13-/m0/s1. The van der Waals surface area contributed by atoms with E-state index in [0.29, 0.717) is 17.1 Å². The molecule has 1 atom stereocenters. The number of nitrogens with zero attached hydrogens (tertiary/aromatic N) is 2. The van der Waals surface area contributed by atoms with Crippen molar-refractivity contribution in [3.05, 3.63) is 41.3 Å². The SMILES string of the molecule is Cc1cc([C@@H]2CCCN2C(=O)c2ccc3c(c2)OCO3)no1. The Bertz CT molecular complexity index is 725. The van der Waals surface area contributed by atoms with E-state index < -0.39 is 0 Å². The fourth-order valence-corrected chi connectivity index (χ4v) is 3.06. The molecule has 6 nitrogen and oxygen atoms in total. The van der Waals surface area contributed by atoms with Crippen molar-refractivity contribution in [3.8, 4) is 11.5 Å². The van der Waals surface area contributed by atoms with Crippen molar-refractivity contribution in [1.29, 1.82) is 0 Å². The van der Waals surface area contributed by atoms with Crippen LogP contribution in [0, 0.1) is 6.92 Å². The molecule has 2 aromatic rings. The zero-order chi connectivity index (χ0) is 15.1. The maximum Gasteiger partial charge on any atom is 0.254 e. The van der Waals surface area contributed by atoms with Crippen LogP contribution in [-0.2, 0) is 0 Å². The van der Waals surface area contributed by atoms with Crippen molar-refractivity contribution in [2.24, 2.45) is 0 Å². The van der Waals surface area contributed by atoms with Crippen LogP contribution in [0.4, 0.5) is 0 Å². The lowest BCUT2D eigenvalue weighted by Gasteiger charge is -2.23. The second kappa shape index (κ2) is 5.05. The quantitative estimate of drug-likeness (QED) is 0.853. The Balaban J connectivity index is 1.61. The highest BCUT2D eigenvalue weighted by Crippen LogP contribution is 2.36. The molecule has 1 fully saturated rings. The summed E-state index contributed by atoms with van der Waals surface area (Å²) in [5.41, 5.74) is 1.43. The van der Waals surface area contributed by atoms with E-state index in [9.17, 15) is 4.79 Å². The van der Waals surface area contributed by atoms with Gasteiger partial charge in [0.1, 0.15) is 11.5 Å². The van der Waals surface area contributed by atoms with Crippen molar-refractivity contribution >= 4 is 5.91 Å². The first-order valence-corrected chi connectivity index (χ1v) is 7.36. The van der Waals surface area contributed by atoms with E-state index in [1.807, 2.05) is 17.9 Å². The maximum absolute atomic E-state index is 12.8. The van der Waals surface area contributed by atoms with Gasteiger partial charge in [0.15, 0.2) is 11.5 Å². The molecule has 0 N–H and O–H groups in total. The summed E-state index contributed by atoms with van der Waals surface area (Å²) in [6.45, 7) is 2.79. The molecule has 3 heterocycles. The third kappa shape index (κ3) is 2.11. The van der Waals surface area contributed by atoms with E-state index in [1.54, 1.807) is 18.2 Å². The Morgan fingerprint density at radius 3 is 2.95 bits per heavy atom. The first-order valence-electron chi connectivity index (χ1n) is 7.36. The lowest BCUT2D eigenvalue weighted by molar-refractivity contribution is 0.0730. The minimum atomic E-state index is -0.0182. The molecular weight excluding hydrogens is 284 g/mol. The Morgan fingerprint density at radius 2 is 2.14 bits per heavy atom. The summed E-state index contributed by atoms with van der Waals surface area (Å²) < 4.78 is 15.8. The van der Waals surface area contributed by atoms with Gasteiger partial charge >= 0.3 is 0 Å². The number of benzene rings is 1. The molecule has 0 spiro atoms. The molecule has 1 aromatic carbocycles. The Hall–Kier alpha value is -2.50. The molecule has 1 saturated heterocycles. The maximum atomic E-state index is 12.8. The lowest BCUT2D eigenvalue weighted by Crippen LogP contribution is -2.30. The van der Waals surface area contributed by atoms with E-state index in [0.717, 1.165) is 30.8 Å². The zero-order valence-electron chi connectivity index (χ0n) is 12.2. The van der Waals surface area contributed by atoms with Gasteiger partial charge in [0.05, 0.1) is 6.04 Å². The number of aryl methyl sites for hydroxylation is 1. The zero-order valence-corrected chi connectivity index (χ0v) is 12.2. The number of fused-ring (bicyclic) bond motifs is 1. The van der Waals surface area contributed by atoms with Gasteiger partial charge in [-0.05, 0) is 38.0 Å². The number of hydrogen-bond donors (Lipinski definition) is 0. The molecule has 2 aliphatic heterocycles. The molecule has 22 heavy (non-hydrogen) atoms. The lowest BCUT2D eigenvalue weighted by atomic mass is 10.1. The van der Waals surface area contributed by atoms with Gasteiger partial charge in [0.25, 0.3) is 5.91 Å². The van der Waals surface area contributed by atoms with Gasteiger partial charge in [-0.2, -0.15) is 0 Å². The molecule has 0 unspecified atom stereocenters. The van der Waals surface area contributed by atoms with Crippen LogP contribution in [0.5, 0.6) is 11.5 Å². The van der Waals surface area contributed by atoms with Gasteiger partial charge in [0.2, 0.25) is 6.79 Å². The molecule has 0 radical (unpaired) electrons. The van der Waals surface area contributed by atoms with Crippen LogP contribution in [0.15, 0.2) is 28.8 Å². The normalized spacial score (nSPS) is 19.7. The Labute approximate surface area is 127 Å². The molecule has 6 heteroatoms. The van der Waals surface area contributed by atoms with Crippen LogP contribution in [0.2, 0.25) is 0 Å². The second-order valence-corrected chi connectivity index (χ2v) is 5.59. The monoisotopic (exact) mass is 300 g/mol. The van der Waals surface area contributed by atoms with E-state index in [4.69, 9.17) is 14.0 Å². The number of amides is 1. The van der Waals surface area contributed by atoms with Crippen LogP contribution in [0.1, 0.15) is 40.7 Å². The number of aromatic nitrogens is 1. The first-order chi connectivity index (χ1) is 10.7. The van der Waals surface area contributed by atoms with Crippen LogP contribution >= 0.6 is 0 Å². The smallest absolute Gasteiger partial charge is 0.254 e. The average Bonchev–Trinajstić information content (AvgIpc) is 3.25. The molecule has 114 valence electrons. The van der Waals surface area contributed by atoms with Crippen molar-refractivity contribution < 1.29 is 18.8 Å². The topological polar surface area (TPSA) is 64.8 Å². The van der Waals surface area contributed by atoms with E-state index >= 15 is 0 Å². The fraction of sp³-hybridized carbons (Fsp3) is 0.375. The number of rotatable bonds is 2. The highest BCUT2D eigenvalue weighted by molar-refractivity contribution is 5.95. The summed E-state index contributed by atoms with van der Waals surface area (Å²) in [5.74, 6) is 2.05. The van der Waals surface area contributed by atoms with Crippen molar-refractivity contribution in [1.82, 2.24) is 10.1 Å². The Kier molecular flexibility index (Phi) is 3.03. The predicted octanol–water partition coefficient (Wildman–Crippen LogP) is 2.69. The van der Waals surface area contributed by atoms with Crippen LogP contribution < -0.4 is 9.47 Å². The van der Waals surface area contributed by atoms with Crippen LogP contribution in [-0.4, -0.2) is 29.3 Å². The summed E-state index contributed by atoms with van der Waals surface area (Å²) in [5, 5.41) is 4.07. The van der Waals surface area contributed by atoms with Crippen molar-refractivity contribution in [2.45, 2.75) is 25.8 Å². The molecule has 0 bridgehead atoms. The number of hydrogen-bond acceptors (Lipinski definition) is 5. The molecule has 1 aromatic heterocycles. The molecule has 0 saturated carbocycles. The van der Waals surface area contributed by atoms with E-state index in [1.165, 1.54) is 0 Å². The minimum Gasteiger partial charge on any atom is -0.454 e. The fourth-order valence-electron chi connectivity index (χ4n) is 3.06. The van der Waals surface area contributed by atoms with Crippen molar-refractivity contribution in [2.75, 3.05) is 13.3 Å². The first kappa shape index (κ1) is 13.2. The van der Waals surface area contributed by atoms with Gasteiger partial charge in [-0.1, -0.05) is 5.16 Å². The third-order valence-electron chi connectivity index (χ3n) is 4.12. The predicted molar refractivity (Wildman–Crippen MR) is 76.8 cm³/mol. The number of likely N-dealkylation sites (tertiary alicyclic amines) is 1. The molecule has 2 aliphatic rings. The van der Waals surface area contributed by atoms with Crippen molar-refractivity contribution in [3.63, 3.8) is 0 Å². The largest absolute Gasteiger partial charge is 0.454 e. The van der Waals surface area contributed by atoms with Gasteiger partial charge in [-0.15, -0.1) is 0 Å². The van der Waals surface area contributed by atoms with Gasteiger partial charge in [0, 0.05) is 18.2 Å². The Morgan fingerprint density at radius 1 is 1.27 bits per heavy atom. The summed E-state index contributed by atoms with van der Waals surface area (Å²) in [6.07, 6.45) is 1.87. The summed E-state index contributed by atoms with van der Waals surface area (Å²) >= 11 is 0. The number of carbonyl (C=O) groups is 1. The van der Waals surface area contributed by atoms with E-state index in [-0.39, 0.29) is 18.7 Å². The molecule has 1 amide bonds. The minimum absolute atomic E-state index is 0.0125. The summed E-state index contributed by atoms with van der Waals surface area (Å²) in [4.78, 5) is 14.7. The average molecular weight is 300 g/mol.